The van der Waals surface area contributed by atoms with Gasteiger partial charge in [-0.05, 0) is 36.1 Å². The summed E-state index contributed by atoms with van der Waals surface area (Å²) in [6, 6.07) is 9.83. The van der Waals surface area contributed by atoms with Crippen LogP contribution in [0, 0.1) is 6.92 Å². The van der Waals surface area contributed by atoms with Gasteiger partial charge < -0.3 is 5.11 Å². The van der Waals surface area contributed by atoms with E-state index in [2.05, 4.69) is 0 Å². The molecule has 1 aromatic carbocycles. The standard InChI is InChI=1S/C13H13NO4S2/c1-10-4-2-5-11(8-10)14(9-12(15)16)20(17,18)13-6-3-7-19-13/h2-8H,9H2,1H3,(H,15,16). The van der Waals surface area contributed by atoms with Gasteiger partial charge in [0.05, 0.1) is 5.69 Å². The molecule has 0 aliphatic carbocycles. The van der Waals surface area contributed by atoms with Crippen molar-refractivity contribution in [2.75, 3.05) is 10.8 Å². The number of carboxylic acids is 1. The molecule has 0 fully saturated rings. The Morgan fingerprint density at radius 1 is 1.30 bits per heavy atom. The van der Waals surface area contributed by atoms with E-state index >= 15 is 0 Å². The van der Waals surface area contributed by atoms with Crippen LogP contribution >= 0.6 is 11.3 Å². The molecule has 20 heavy (non-hydrogen) atoms. The van der Waals surface area contributed by atoms with Crippen LogP contribution in [0.2, 0.25) is 0 Å². The lowest BCUT2D eigenvalue weighted by molar-refractivity contribution is -0.135. The largest absolute Gasteiger partial charge is 0.480 e. The van der Waals surface area contributed by atoms with Crippen molar-refractivity contribution in [3.05, 3.63) is 47.3 Å². The van der Waals surface area contributed by atoms with Gasteiger partial charge in [0.25, 0.3) is 10.0 Å². The maximum Gasteiger partial charge on any atom is 0.324 e. The molecular formula is C13H13NO4S2. The minimum absolute atomic E-state index is 0.125. The Hall–Kier alpha value is -1.86. The fraction of sp³-hybridized carbons (Fsp3) is 0.154. The van der Waals surface area contributed by atoms with Crippen molar-refractivity contribution in [2.45, 2.75) is 11.1 Å². The quantitative estimate of drug-likeness (QED) is 0.919. The van der Waals surface area contributed by atoms with E-state index < -0.39 is 22.5 Å². The van der Waals surface area contributed by atoms with E-state index in [9.17, 15) is 13.2 Å². The highest BCUT2D eigenvalue weighted by Gasteiger charge is 2.27. The average Bonchev–Trinajstić information content (AvgIpc) is 2.90. The Morgan fingerprint density at radius 2 is 2.05 bits per heavy atom. The number of anilines is 1. The lowest BCUT2D eigenvalue weighted by atomic mass is 10.2. The molecule has 1 N–H and O–H groups in total. The maximum absolute atomic E-state index is 12.5. The molecule has 0 unspecified atom stereocenters. The zero-order valence-corrected chi connectivity index (χ0v) is 12.3. The molecule has 1 heterocycles. The van der Waals surface area contributed by atoms with Crippen molar-refractivity contribution in [3.63, 3.8) is 0 Å². The predicted molar refractivity (Wildman–Crippen MR) is 77.7 cm³/mol. The SMILES string of the molecule is Cc1cccc(N(CC(=O)O)S(=O)(=O)c2cccs2)c1. The fourth-order valence-electron chi connectivity index (χ4n) is 1.74. The van der Waals surface area contributed by atoms with E-state index in [0.717, 1.165) is 21.2 Å². The van der Waals surface area contributed by atoms with Gasteiger partial charge in [0, 0.05) is 0 Å². The molecule has 2 rings (SSSR count). The van der Waals surface area contributed by atoms with Crippen molar-refractivity contribution in [2.24, 2.45) is 0 Å². The Bertz CT molecular complexity index is 708. The summed E-state index contributed by atoms with van der Waals surface area (Å²) in [4.78, 5) is 11.0. The zero-order valence-electron chi connectivity index (χ0n) is 10.7. The molecule has 0 atom stereocenters. The highest BCUT2D eigenvalue weighted by Crippen LogP contribution is 2.26. The topological polar surface area (TPSA) is 74.7 Å². The van der Waals surface area contributed by atoms with E-state index in [4.69, 9.17) is 5.11 Å². The second kappa shape index (κ2) is 5.64. The average molecular weight is 311 g/mol. The third-order valence-electron chi connectivity index (χ3n) is 2.61. The molecule has 7 heteroatoms. The number of hydrogen-bond acceptors (Lipinski definition) is 4. The first-order chi connectivity index (χ1) is 9.41. The molecule has 0 radical (unpaired) electrons. The fourth-order valence-corrected chi connectivity index (χ4v) is 4.25. The minimum Gasteiger partial charge on any atom is -0.480 e. The first-order valence-electron chi connectivity index (χ1n) is 5.76. The molecule has 0 amide bonds. The summed E-state index contributed by atoms with van der Waals surface area (Å²) >= 11 is 1.06. The molecule has 2 aromatic rings. The van der Waals surface area contributed by atoms with Crippen LogP contribution in [-0.2, 0) is 14.8 Å². The number of sulfonamides is 1. The second-order valence-corrected chi connectivity index (χ2v) is 7.21. The highest BCUT2D eigenvalue weighted by atomic mass is 32.2. The van der Waals surface area contributed by atoms with E-state index in [-0.39, 0.29) is 4.21 Å². The lowest BCUT2D eigenvalue weighted by Crippen LogP contribution is -2.35. The number of nitrogens with zero attached hydrogens (tertiary/aromatic N) is 1. The Morgan fingerprint density at radius 3 is 2.60 bits per heavy atom. The summed E-state index contributed by atoms with van der Waals surface area (Å²) in [6.45, 7) is 1.21. The molecule has 0 aliphatic rings. The minimum atomic E-state index is -3.85. The van der Waals surface area contributed by atoms with E-state index in [1.54, 1.807) is 29.6 Å². The maximum atomic E-state index is 12.5. The highest BCUT2D eigenvalue weighted by molar-refractivity contribution is 7.94. The molecule has 0 aliphatic heterocycles. The zero-order chi connectivity index (χ0) is 14.8. The third-order valence-corrected chi connectivity index (χ3v) is 5.75. The van der Waals surface area contributed by atoms with Gasteiger partial charge in [-0.3, -0.25) is 9.10 Å². The molecular weight excluding hydrogens is 298 g/mol. The monoisotopic (exact) mass is 311 g/mol. The molecule has 5 nitrogen and oxygen atoms in total. The van der Waals surface area contributed by atoms with Gasteiger partial charge in [-0.2, -0.15) is 0 Å². The van der Waals surface area contributed by atoms with Crippen molar-refractivity contribution in [3.8, 4) is 0 Å². The van der Waals surface area contributed by atoms with E-state index in [0.29, 0.717) is 5.69 Å². The van der Waals surface area contributed by atoms with E-state index in [1.807, 2.05) is 13.0 Å². The molecule has 106 valence electrons. The normalized spacial score (nSPS) is 11.2. The lowest BCUT2D eigenvalue weighted by Gasteiger charge is -2.22. The van der Waals surface area contributed by atoms with Crippen LogP contribution in [0.3, 0.4) is 0 Å². The van der Waals surface area contributed by atoms with Gasteiger partial charge in [-0.25, -0.2) is 8.42 Å². The number of aliphatic carboxylic acids is 1. The van der Waals surface area contributed by atoms with Crippen LogP contribution in [0.1, 0.15) is 5.56 Å². The van der Waals surface area contributed by atoms with Crippen LogP contribution in [0.5, 0.6) is 0 Å². The van der Waals surface area contributed by atoms with Gasteiger partial charge >= 0.3 is 5.97 Å². The van der Waals surface area contributed by atoms with Crippen LogP contribution in [-0.4, -0.2) is 26.0 Å². The number of benzene rings is 1. The summed E-state index contributed by atoms with van der Waals surface area (Å²) < 4.78 is 26.1. The van der Waals surface area contributed by atoms with Crippen LogP contribution < -0.4 is 4.31 Å². The van der Waals surface area contributed by atoms with Gasteiger partial charge in [0.2, 0.25) is 0 Å². The van der Waals surface area contributed by atoms with Crippen molar-refractivity contribution < 1.29 is 18.3 Å². The summed E-state index contributed by atoms with van der Waals surface area (Å²) in [5.74, 6) is -1.20. The second-order valence-electron chi connectivity index (χ2n) is 4.18. The van der Waals surface area contributed by atoms with Gasteiger partial charge in [0.1, 0.15) is 10.8 Å². The van der Waals surface area contributed by atoms with Crippen molar-refractivity contribution in [1.82, 2.24) is 0 Å². The number of aryl methyl sites for hydroxylation is 1. The van der Waals surface area contributed by atoms with Gasteiger partial charge in [-0.1, -0.05) is 18.2 Å². The third kappa shape index (κ3) is 3.00. The van der Waals surface area contributed by atoms with Gasteiger partial charge in [0.15, 0.2) is 0 Å². The first-order valence-corrected chi connectivity index (χ1v) is 8.08. The summed E-state index contributed by atoms with van der Waals surface area (Å²) in [6.07, 6.45) is 0. The molecule has 0 spiro atoms. The van der Waals surface area contributed by atoms with Crippen molar-refractivity contribution in [1.29, 1.82) is 0 Å². The number of thiophene rings is 1. The van der Waals surface area contributed by atoms with Crippen LogP contribution in [0.25, 0.3) is 0 Å². The number of carboxylic acid groups (broad SMARTS) is 1. The first kappa shape index (κ1) is 14.5. The number of hydrogen-bond donors (Lipinski definition) is 1. The summed E-state index contributed by atoms with van der Waals surface area (Å²) in [5, 5.41) is 10.6. The molecule has 0 saturated carbocycles. The molecule has 0 bridgehead atoms. The predicted octanol–water partition coefficient (Wildman–Crippen LogP) is 2.34. The van der Waals surface area contributed by atoms with Crippen molar-refractivity contribution >= 4 is 33.0 Å². The number of carbonyl (C=O) groups is 1. The Balaban J connectivity index is 2.51. The summed E-state index contributed by atoms with van der Waals surface area (Å²) in [7, 11) is -3.85. The number of rotatable bonds is 5. The van der Waals surface area contributed by atoms with Crippen LogP contribution in [0.4, 0.5) is 5.69 Å². The van der Waals surface area contributed by atoms with Crippen LogP contribution in [0.15, 0.2) is 46.0 Å². The molecule has 0 saturated heterocycles. The molecule has 1 aromatic heterocycles. The smallest absolute Gasteiger partial charge is 0.324 e. The Labute approximate surface area is 121 Å². The summed E-state index contributed by atoms with van der Waals surface area (Å²) in [5.41, 5.74) is 1.21. The van der Waals surface area contributed by atoms with Gasteiger partial charge in [-0.15, -0.1) is 11.3 Å². The Kier molecular flexibility index (Phi) is 4.10. The van der Waals surface area contributed by atoms with E-state index in [1.165, 1.54) is 6.07 Å².